The van der Waals surface area contributed by atoms with Gasteiger partial charge in [0.25, 0.3) is 5.91 Å². The van der Waals surface area contributed by atoms with Crippen molar-refractivity contribution >= 4 is 11.6 Å². The number of anilines is 1. The van der Waals surface area contributed by atoms with Gasteiger partial charge < -0.3 is 5.32 Å². The normalized spacial score (nSPS) is 29.6. The van der Waals surface area contributed by atoms with Gasteiger partial charge in [-0.25, -0.2) is 5.01 Å². The minimum atomic E-state index is -0.145. The third-order valence-electron chi connectivity index (χ3n) is 4.52. The predicted molar refractivity (Wildman–Crippen MR) is 80.3 cm³/mol. The smallest absolute Gasteiger partial charge is 0.257 e. The molecule has 3 rings (SSSR count). The molecule has 1 fully saturated rings. The van der Waals surface area contributed by atoms with Crippen molar-refractivity contribution < 1.29 is 4.79 Å². The van der Waals surface area contributed by atoms with E-state index >= 15 is 0 Å². The van der Waals surface area contributed by atoms with Crippen LogP contribution in [0.15, 0.2) is 24.3 Å². The number of carbonyl (C=O) groups is 1. The van der Waals surface area contributed by atoms with Crippen LogP contribution < -0.4 is 10.7 Å². The molecule has 2 unspecified atom stereocenters. The number of rotatable bonds is 2. The minimum absolute atomic E-state index is 0.0850. The molecular weight excluding hydrogens is 250 g/mol. The van der Waals surface area contributed by atoms with Gasteiger partial charge >= 0.3 is 0 Å². The van der Waals surface area contributed by atoms with Gasteiger partial charge in [0.1, 0.15) is 6.04 Å². The maximum atomic E-state index is 12.5. The molecule has 0 bridgehead atoms. The molecule has 1 amide bonds. The van der Waals surface area contributed by atoms with Gasteiger partial charge in [0, 0.05) is 24.2 Å². The Bertz CT molecular complexity index is 467. The Morgan fingerprint density at radius 3 is 2.65 bits per heavy atom. The molecule has 0 radical (unpaired) electrons. The summed E-state index contributed by atoms with van der Waals surface area (Å²) in [7, 11) is 0. The first-order chi connectivity index (χ1) is 9.65. The summed E-state index contributed by atoms with van der Waals surface area (Å²) in [5.74, 6) is 0.0850. The number of piperidine rings is 1. The van der Waals surface area contributed by atoms with Crippen LogP contribution in [0.1, 0.15) is 38.7 Å². The lowest BCUT2D eigenvalue weighted by molar-refractivity contribution is -0.129. The summed E-state index contributed by atoms with van der Waals surface area (Å²) < 4.78 is 0. The van der Waals surface area contributed by atoms with Crippen LogP contribution in [-0.2, 0) is 11.2 Å². The molecule has 2 heterocycles. The van der Waals surface area contributed by atoms with Gasteiger partial charge in [-0.2, -0.15) is 0 Å². The fraction of sp³-hybridized carbons (Fsp3) is 0.562. The lowest BCUT2D eigenvalue weighted by Crippen LogP contribution is -2.57. The van der Waals surface area contributed by atoms with Crippen molar-refractivity contribution in [3.63, 3.8) is 0 Å². The first-order valence-corrected chi connectivity index (χ1v) is 7.58. The Hall–Kier alpha value is -1.55. The summed E-state index contributed by atoms with van der Waals surface area (Å²) in [6.45, 7) is 4.37. The Labute approximate surface area is 120 Å². The molecule has 0 spiro atoms. The van der Waals surface area contributed by atoms with Gasteiger partial charge in [-0.15, -0.1) is 0 Å². The Balaban J connectivity index is 1.63. The SMILES string of the molecule is CC1CCCC(C)N1NC(=O)[C@@H]1Cc2ccccc2N1. The fourth-order valence-corrected chi connectivity index (χ4v) is 3.30. The minimum Gasteiger partial charge on any atom is -0.373 e. The average Bonchev–Trinajstić information content (AvgIpc) is 2.87. The summed E-state index contributed by atoms with van der Waals surface area (Å²) in [6, 6.07) is 8.85. The Morgan fingerprint density at radius 1 is 1.25 bits per heavy atom. The second-order valence-electron chi connectivity index (χ2n) is 6.07. The summed E-state index contributed by atoms with van der Waals surface area (Å²) in [5, 5.41) is 5.45. The highest BCUT2D eigenvalue weighted by atomic mass is 16.2. The number of hydrogen-bond acceptors (Lipinski definition) is 3. The number of para-hydroxylation sites is 1. The maximum absolute atomic E-state index is 12.5. The summed E-state index contributed by atoms with van der Waals surface area (Å²) >= 11 is 0. The fourth-order valence-electron chi connectivity index (χ4n) is 3.30. The molecule has 108 valence electrons. The van der Waals surface area contributed by atoms with Crippen LogP contribution in [-0.4, -0.2) is 29.0 Å². The van der Waals surface area contributed by atoms with Crippen LogP contribution in [0.25, 0.3) is 0 Å². The molecule has 4 nitrogen and oxygen atoms in total. The summed E-state index contributed by atoms with van der Waals surface area (Å²) in [5.41, 5.74) is 5.45. The van der Waals surface area contributed by atoms with Crippen LogP contribution >= 0.6 is 0 Å². The van der Waals surface area contributed by atoms with Crippen molar-refractivity contribution in [2.24, 2.45) is 0 Å². The van der Waals surface area contributed by atoms with E-state index in [0.29, 0.717) is 12.1 Å². The average molecular weight is 273 g/mol. The molecule has 2 aliphatic heterocycles. The monoisotopic (exact) mass is 273 g/mol. The number of nitrogens with one attached hydrogen (secondary N) is 2. The molecule has 0 aliphatic carbocycles. The number of nitrogens with zero attached hydrogens (tertiary/aromatic N) is 1. The summed E-state index contributed by atoms with van der Waals surface area (Å²) in [6.07, 6.45) is 4.34. The molecular formula is C16H23N3O. The van der Waals surface area contributed by atoms with E-state index in [-0.39, 0.29) is 11.9 Å². The zero-order valence-electron chi connectivity index (χ0n) is 12.2. The molecule has 2 aliphatic rings. The van der Waals surface area contributed by atoms with Gasteiger partial charge in [-0.1, -0.05) is 24.6 Å². The number of carbonyl (C=O) groups excluding carboxylic acids is 1. The molecule has 0 saturated carbocycles. The lowest BCUT2D eigenvalue weighted by Gasteiger charge is -2.39. The third-order valence-corrected chi connectivity index (χ3v) is 4.52. The number of fused-ring (bicyclic) bond motifs is 1. The highest BCUT2D eigenvalue weighted by Crippen LogP contribution is 2.26. The van der Waals surface area contributed by atoms with Crippen molar-refractivity contribution in [3.05, 3.63) is 29.8 Å². The number of hydrogen-bond donors (Lipinski definition) is 2. The molecule has 3 atom stereocenters. The highest BCUT2D eigenvalue weighted by Gasteiger charge is 2.31. The van der Waals surface area contributed by atoms with E-state index in [1.54, 1.807) is 0 Å². The molecule has 1 saturated heterocycles. The van der Waals surface area contributed by atoms with Crippen LogP contribution in [0.3, 0.4) is 0 Å². The van der Waals surface area contributed by atoms with Crippen molar-refractivity contribution in [2.45, 2.75) is 57.7 Å². The highest BCUT2D eigenvalue weighted by molar-refractivity contribution is 5.87. The van der Waals surface area contributed by atoms with E-state index in [9.17, 15) is 4.79 Å². The molecule has 4 heteroatoms. The van der Waals surface area contributed by atoms with Crippen LogP contribution in [0.4, 0.5) is 5.69 Å². The molecule has 1 aromatic rings. The predicted octanol–water partition coefficient (Wildman–Crippen LogP) is 2.32. The van der Waals surface area contributed by atoms with E-state index in [1.165, 1.54) is 12.0 Å². The van der Waals surface area contributed by atoms with E-state index < -0.39 is 0 Å². The van der Waals surface area contributed by atoms with Gasteiger partial charge in [-0.3, -0.25) is 10.2 Å². The van der Waals surface area contributed by atoms with Crippen LogP contribution in [0.2, 0.25) is 0 Å². The van der Waals surface area contributed by atoms with Crippen molar-refractivity contribution in [1.82, 2.24) is 10.4 Å². The van der Waals surface area contributed by atoms with E-state index in [0.717, 1.165) is 24.9 Å². The van der Waals surface area contributed by atoms with Crippen molar-refractivity contribution in [3.8, 4) is 0 Å². The second-order valence-corrected chi connectivity index (χ2v) is 6.07. The van der Waals surface area contributed by atoms with E-state index in [1.807, 2.05) is 18.2 Å². The van der Waals surface area contributed by atoms with E-state index in [2.05, 4.69) is 35.7 Å². The number of benzene rings is 1. The standard InChI is InChI=1S/C16H23N3O/c1-11-6-5-7-12(2)19(11)18-16(20)15-10-13-8-3-4-9-14(13)17-15/h3-4,8-9,11-12,15,17H,5-7,10H2,1-2H3,(H,18,20)/t11?,12?,15-/m0/s1. The van der Waals surface area contributed by atoms with Crippen molar-refractivity contribution in [1.29, 1.82) is 0 Å². The topological polar surface area (TPSA) is 44.4 Å². The molecule has 20 heavy (non-hydrogen) atoms. The van der Waals surface area contributed by atoms with Gasteiger partial charge in [0.2, 0.25) is 0 Å². The zero-order chi connectivity index (χ0) is 14.1. The van der Waals surface area contributed by atoms with Gasteiger partial charge in [0.05, 0.1) is 0 Å². The van der Waals surface area contributed by atoms with Crippen LogP contribution in [0.5, 0.6) is 0 Å². The quantitative estimate of drug-likeness (QED) is 0.869. The Kier molecular flexibility index (Phi) is 3.66. The molecule has 0 aromatic heterocycles. The number of hydrazine groups is 1. The zero-order valence-corrected chi connectivity index (χ0v) is 12.2. The van der Waals surface area contributed by atoms with Crippen LogP contribution in [0, 0.1) is 0 Å². The number of amides is 1. The molecule has 2 N–H and O–H groups in total. The Morgan fingerprint density at radius 2 is 1.95 bits per heavy atom. The first kappa shape index (κ1) is 13.4. The van der Waals surface area contributed by atoms with Gasteiger partial charge in [-0.05, 0) is 38.3 Å². The van der Waals surface area contributed by atoms with Crippen molar-refractivity contribution in [2.75, 3.05) is 5.32 Å². The third kappa shape index (κ3) is 2.52. The van der Waals surface area contributed by atoms with E-state index in [4.69, 9.17) is 0 Å². The lowest BCUT2D eigenvalue weighted by atomic mass is 10.00. The summed E-state index contributed by atoms with van der Waals surface area (Å²) in [4.78, 5) is 12.5. The largest absolute Gasteiger partial charge is 0.373 e. The second kappa shape index (κ2) is 5.44. The first-order valence-electron chi connectivity index (χ1n) is 7.58. The maximum Gasteiger partial charge on any atom is 0.257 e. The van der Waals surface area contributed by atoms with Gasteiger partial charge in [0.15, 0.2) is 0 Å². The molecule has 1 aromatic carbocycles.